The van der Waals surface area contributed by atoms with Gasteiger partial charge < -0.3 is 4.90 Å². The van der Waals surface area contributed by atoms with E-state index in [4.69, 9.17) is 0 Å². The summed E-state index contributed by atoms with van der Waals surface area (Å²) in [5.41, 5.74) is 1.32. The van der Waals surface area contributed by atoms with Crippen molar-refractivity contribution >= 4 is 0 Å². The van der Waals surface area contributed by atoms with Crippen molar-refractivity contribution in [2.45, 2.75) is 19.4 Å². The quantitative estimate of drug-likeness (QED) is 0.782. The Morgan fingerprint density at radius 3 is 2.74 bits per heavy atom. The first-order valence-electron chi connectivity index (χ1n) is 6.86. The molecule has 1 aliphatic heterocycles. The maximum atomic E-state index is 12.3. The molecule has 0 saturated carbocycles. The molecule has 1 saturated heterocycles. The molecule has 0 bridgehead atoms. The normalized spacial score (nSPS) is 20.6. The topological polar surface area (TPSA) is 6.48 Å². The van der Waals surface area contributed by atoms with Crippen molar-refractivity contribution in [2.24, 2.45) is 5.92 Å². The highest BCUT2D eigenvalue weighted by Gasteiger charge is 2.24. The van der Waals surface area contributed by atoms with Gasteiger partial charge in [-0.1, -0.05) is 30.3 Å². The molecule has 0 unspecified atom stereocenters. The number of benzene rings is 1. The van der Waals surface area contributed by atoms with Crippen LogP contribution in [-0.4, -0.2) is 49.5 Å². The monoisotopic (exact) mass is 268 g/mol. The summed E-state index contributed by atoms with van der Waals surface area (Å²) in [5, 5.41) is 0. The summed E-state index contributed by atoms with van der Waals surface area (Å²) >= 11 is 0. The molecule has 1 aromatic carbocycles. The fourth-order valence-electron chi connectivity index (χ4n) is 2.80. The lowest BCUT2D eigenvalue weighted by atomic mass is 10.1. The van der Waals surface area contributed by atoms with Crippen molar-refractivity contribution in [1.29, 1.82) is 0 Å². The lowest BCUT2D eigenvalue weighted by molar-refractivity contribution is 0.0935. The van der Waals surface area contributed by atoms with Crippen LogP contribution in [0.5, 0.6) is 0 Å². The minimum Gasteiger partial charge on any atom is -0.301 e. The van der Waals surface area contributed by atoms with Crippen molar-refractivity contribution in [2.75, 3.05) is 33.2 Å². The predicted octanol–water partition coefficient (Wildman–Crippen LogP) is 2.71. The largest absolute Gasteiger partial charge is 0.301 e. The minimum absolute atomic E-state index is 0.116. The van der Waals surface area contributed by atoms with Gasteiger partial charge in [0, 0.05) is 19.6 Å². The van der Waals surface area contributed by atoms with Crippen LogP contribution >= 0.6 is 0 Å². The summed E-state index contributed by atoms with van der Waals surface area (Å²) < 4.78 is 24.5. The summed E-state index contributed by atoms with van der Waals surface area (Å²) in [5.74, 6) is 0.521. The zero-order valence-electron chi connectivity index (χ0n) is 11.4. The van der Waals surface area contributed by atoms with Gasteiger partial charge in [0.25, 0.3) is 6.43 Å². The van der Waals surface area contributed by atoms with E-state index in [9.17, 15) is 8.78 Å². The van der Waals surface area contributed by atoms with Crippen LogP contribution in [0.4, 0.5) is 8.78 Å². The van der Waals surface area contributed by atoms with Crippen molar-refractivity contribution in [1.82, 2.24) is 9.80 Å². The minimum atomic E-state index is -2.23. The summed E-state index contributed by atoms with van der Waals surface area (Å²) in [6.45, 7) is 3.71. The van der Waals surface area contributed by atoms with E-state index in [1.165, 1.54) is 5.56 Å². The number of alkyl halides is 2. The Bertz CT molecular complexity index is 370. The van der Waals surface area contributed by atoms with Gasteiger partial charge >= 0.3 is 0 Å². The molecule has 1 fully saturated rings. The SMILES string of the molecule is CN(CC(F)F)C[C@H]1CCN(Cc2ccccc2)C1. The zero-order valence-corrected chi connectivity index (χ0v) is 11.4. The summed E-state index contributed by atoms with van der Waals surface area (Å²) in [7, 11) is 1.78. The van der Waals surface area contributed by atoms with E-state index in [0.29, 0.717) is 5.92 Å². The molecule has 0 aromatic heterocycles. The number of rotatable bonds is 6. The Morgan fingerprint density at radius 1 is 1.32 bits per heavy atom. The van der Waals surface area contributed by atoms with Gasteiger partial charge in [0.2, 0.25) is 0 Å². The van der Waals surface area contributed by atoms with Crippen LogP contribution in [-0.2, 0) is 6.54 Å². The van der Waals surface area contributed by atoms with Gasteiger partial charge in [-0.15, -0.1) is 0 Å². The molecule has 4 heteroatoms. The second-order valence-corrected chi connectivity index (χ2v) is 5.49. The molecule has 1 aliphatic rings. The standard InChI is InChI=1S/C15H22F2N2/c1-18(12-15(16)17)9-14-7-8-19(11-14)10-13-5-3-2-4-6-13/h2-6,14-15H,7-12H2,1H3/t14-/m1/s1. The average Bonchev–Trinajstić information content (AvgIpc) is 2.76. The predicted molar refractivity (Wildman–Crippen MR) is 73.3 cm³/mol. The molecular formula is C15H22F2N2. The summed E-state index contributed by atoms with van der Waals surface area (Å²) in [6, 6.07) is 10.4. The average molecular weight is 268 g/mol. The van der Waals surface area contributed by atoms with Crippen molar-refractivity contribution in [3.63, 3.8) is 0 Å². The summed E-state index contributed by atoms with van der Waals surface area (Å²) in [4.78, 5) is 4.16. The summed E-state index contributed by atoms with van der Waals surface area (Å²) in [6.07, 6.45) is -1.12. The van der Waals surface area contributed by atoms with Gasteiger partial charge in [0.1, 0.15) is 0 Å². The van der Waals surface area contributed by atoms with E-state index in [0.717, 1.165) is 32.6 Å². The van der Waals surface area contributed by atoms with E-state index in [2.05, 4.69) is 29.2 Å². The Kier molecular flexibility index (Phi) is 5.28. The van der Waals surface area contributed by atoms with Crippen LogP contribution in [0.1, 0.15) is 12.0 Å². The molecule has 19 heavy (non-hydrogen) atoms. The molecule has 0 N–H and O–H groups in total. The third-order valence-corrected chi connectivity index (χ3v) is 3.64. The third kappa shape index (κ3) is 4.88. The van der Waals surface area contributed by atoms with Crippen molar-refractivity contribution < 1.29 is 8.78 Å². The fraction of sp³-hybridized carbons (Fsp3) is 0.600. The van der Waals surface area contributed by atoms with Gasteiger partial charge in [0.15, 0.2) is 0 Å². The van der Waals surface area contributed by atoms with Crippen LogP contribution in [0.25, 0.3) is 0 Å². The molecule has 1 atom stereocenters. The lowest BCUT2D eigenvalue weighted by Gasteiger charge is -2.21. The first kappa shape index (κ1) is 14.4. The Balaban J connectivity index is 1.74. The lowest BCUT2D eigenvalue weighted by Crippen LogP contribution is -2.31. The molecular weight excluding hydrogens is 246 g/mol. The van der Waals surface area contributed by atoms with Gasteiger partial charge in [-0.05, 0) is 31.5 Å². The smallest absolute Gasteiger partial charge is 0.251 e. The van der Waals surface area contributed by atoms with Gasteiger partial charge in [-0.2, -0.15) is 0 Å². The number of likely N-dealkylation sites (tertiary alicyclic amines) is 1. The van der Waals surface area contributed by atoms with Crippen LogP contribution in [0, 0.1) is 5.92 Å². The first-order chi connectivity index (χ1) is 9.13. The van der Waals surface area contributed by atoms with E-state index in [-0.39, 0.29) is 6.54 Å². The van der Waals surface area contributed by atoms with Crippen molar-refractivity contribution in [3.05, 3.63) is 35.9 Å². The van der Waals surface area contributed by atoms with Gasteiger partial charge in [0.05, 0.1) is 6.54 Å². The Morgan fingerprint density at radius 2 is 2.05 bits per heavy atom. The molecule has 0 radical (unpaired) electrons. The van der Waals surface area contributed by atoms with Crippen LogP contribution in [0.15, 0.2) is 30.3 Å². The number of nitrogens with zero attached hydrogens (tertiary/aromatic N) is 2. The first-order valence-corrected chi connectivity index (χ1v) is 6.86. The van der Waals surface area contributed by atoms with E-state index < -0.39 is 6.43 Å². The molecule has 0 aliphatic carbocycles. The molecule has 2 rings (SSSR count). The second-order valence-electron chi connectivity index (χ2n) is 5.49. The molecule has 2 nitrogen and oxygen atoms in total. The third-order valence-electron chi connectivity index (χ3n) is 3.64. The van der Waals surface area contributed by atoms with E-state index in [1.807, 2.05) is 6.07 Å². The van der Waals surface area contributed by atoms with E-state index >= 15 is 0 Å². The number of halogens is 2. The highest BCUT2D eigenvalue weighted by Crippen LogP contribution is 2.19. The van der Waals surface area contributed by atoms with Gasteiger partial charge in [-0.3, -0.25) is 4.90 Å². The molecule has 106 valence electrons. The Hall–Kier alpha value is -1.00. The Labute approximate surface area is 114 Å². The molecule has 0 spiro atoms. The molecule has 1 heterocycles. The molecule has 1 aromatic rings. The van der Waals surface area contributed by atoms with Crippen LogP contribution in [0.3, 0.4) is 0 Å². The molecule has 0 amide bonds. The maximum absolute atomic E-state index is 12.3. The van der Waals surface area contributed by atoms with Crippen molar-refractivity contribution in [3.8, 4) is 0 Å². The van der Waals surface area contributed by atoms with Crippen LogP contribution < -0.4 is 0 Å². The second kappa shape index (κ2) is 6.96. The number of hydrogen-bond acceptors (Lipinski definition) is 2. The van der Waals surface area contributed by atoms with Gasteiger partial charge in [-0.25, -0.2) is 8.78 Å². The highest BCUT2D eigenvalue weighted by molar-refractivity contribution is 5.14. The zero-order chi connectivity index (χ0) is 13.7. The van der Waals surface area contributed by atoms with Crippen LogP contribution in [0.2, 0.25) is 0 Å². The number of hydrogen-bond donors (Lipinski definition) is 0. The highest BCUT2D eigenvalue weighted by atomic mass is 19.3. The van der Waals surface area contributed by atoms with E-state index in [1.54, 1.807) is 11.9 Å². The fourth-order valence-corrected chi connectivity index (χ4v) is 2.80. The maximum Gasteiger partial charge on any atom is 0.251 e.